The van der Waals surface area contributed by atoms with E-state index in [0.717, 1.165) is 48.3 Å². The average molecular weight is 410 g/mol. The number of halogens is 1. The SMILES string of the molecule is OCCN1CCC[C@H](n2c(CNc3ncnc4nc[nH]c34)nc3ccc(F)cc32)C1. The maximum atomic E-state index is 14.1. The fourth-order valence-corrected chi connectivity index (χ4v) is 4.30. The van der Waals surface area contributed by atoms with Gasteiger partial charge in [-0.1, -0.05) is 0 Å². The van der Waals surface area contributed by atoms with Crippen molar-refractivity contribution in [3.05, 3.63) is 42.5 Å². The second-order valence-electron chi connectivity index (χ2n) is 7.53. The highest BCUT2D eigenvalue weighted by atomic mass is 19.1. The van der Waals surface area contributed by atoms with E-state index >= 15 is 0 Å². The number of hydrogen-bond donors (Lipinski definition) is 3. The van der Waals surface area contributed by atoms with Gasteiger partial charge in [0.05, 0.1) is 30.5 Å². The first-order valence-electron chi connectivity index (χ1n) is 10.1. The maximum absolute atomic E-state index is 14.1. The van der Waals surface area contributed by atoms with E-state index in [1.54, 1.807) is 18.5 Å². The van der Waals surface area contributed by atoms with Crippen molar-refractivity contribution >= 4 is 28.0 Å². The van der Waals surface area contributed by atoms with Crippen molar-refractivity contribution < 1.29 is 9.50 Å². The smallest absolute Gasteiger partial charge is 0.182 e. The third-order valence-electron chi connectivity index (χ3n) is 5.62. The molecule has 1 saturated heterocycles. The highest BCUT2D eigenvalue weighted by Crippen LogP contribution is 2.29. The van der Waals surface area contributed by atoms with Gasteiger partial charge in [-0.15, -0.1) is 0 Å². The summed E-state index contributed by atoms with van der Waals surface area (Å²) in [5, 5.41) is 12.7. The molecule has 0 saturated carbocycles. The Labute approximate surface area is 172 Å². The van der Waals surface area contributed by atoms with Crippen LogP contribution in [0.5, 0.6) is 0 Å². The minimum atomic E-state index is -0.277. The predicted octanol–water partition coefficient (Wildman–Crippen LogP) is 2.08. The van der Waals surface area contributed by atoms with E-state index in [2.05, 4.69) is 34.7 Å². The summed E-state index contributed by atoms with van der Waals surface area (Å²) in [5.74, 6) is 1.19. The minimum absolute atomic E-state index is 0.133. The van der Waals surface area contributed by atoms with Crippen LogP contribution in [0.1, 0.15) is 24.7 Å². The Morgan fingerprint density at radius 2 is 2.20 bits per heavy atom. The molecule has 4 heterocycles. The number of nitrogens with one attached hydrogen (secondary N) is 2. The first-order valence-corrected chi connectivity index (χ1v) is 10.1. The zero-order valence-corrected chi connectivity index (χ0v) is 16.4. The van der Waals surface area contributed by atoms with Crippen LogP contribution in [0.25, 0.3) is 22.2 Å². The lowest BCUT2D eigenvalue weighted by Gasteiger charge is -2.34. The van der Waals surface area contributed by atoms with Crippen LogP contribution < -0.4 is 5.32 Å². The number of piperidine rings is 1. The maximum Gasteiger partial charge on any atom is 0.182 e. The van der Waals surface area contributed by atoms with Crippen LogP contribution in [0.3, 0.4) is 0 Å². The van der Waals surface area contributed by atoms with Crippen LogP contribution >= 0.6 is 0 Å². The number of hydrogen-bond acceptors (Lipinski definition) is 7. The van der Waals surface area contributed by atoms with E-state index in [1.165, 1.54) is 12.4 Å². The Kier molecular flexibility index (Phi) is 5.01. The van der Waals surface area contributed by atoms with Gasteiger partial charge in [-0.3, -0.25) is 4.90 Å². The van der Waals surface area contributed by atoms with E-state index in [-0.39, 0.29) is 18.5 Å². The van der Waals surface area contributed by atoms with Gasteiger partial charge < -0.3 is 20.0 Å². The number of nitrogens with zero attached hydrogens (tertiary/aromatic N) is 6. The lowest BCUT2D eigenvalue weighted by atomic mass is 10.0. The lowest BCUT2D eigenvalue weighted by molar-refractivity contribution is 0.143. The van der Waals surface area contributed by atoms with E-state index in [0.29, 0.717) is 24.6 Å². The summed E-state index contributed by atoms with van der Waals surface area (Å²) >= 11 is 0. The number of imidazole rings is 2. The normalized spacial score (nSPS) is 17.7. The number of rotatable bonds is 6. The van der Waals surface area contributed by atoms with E-state index in [9.17, 15) is 9.50 Å². The van der Waals surface area contributed by atoms with Gasteiger partial charge in [0.25, 0.3) is 0 Å². The van der Waals surface area contributed by atoms with Crippen molar-refractivity contribution in [2.24, 2.45) is 0 Å². The van der Waals surface area contributed by atoms with Crippen LogP contribution in [0, 0.1) is 5.82 Å². The van der Waals surface area contributed by atoms with Gasteiger partial charge >= 0.3 is 0 Å². The topological polar surface area (TPSA) is 108 Å². The van der Waals surface area contributed by atoms with Gasteiger partial charge in [0.15, 0.2) is 11.5 Å². The van der Waals surface area contributed by atoms with Crippen LogP contribution in [0.15, 0.2) is 30.9 Å². The zero-order chi connectivity index (χ0) is 20.5. The number of aromatic nitrogens is 6. The molecule has 0 aliphatic carbocycles. The summed E-state index contributed by atoms with van der Waals surface area (Å²) in [6.07, 6.45) is 5.06. The van der Waals surface area contributed by atoms with E-state index < -0.39 is 0 Å². The molecule has 5 rings (SSSR count). The largest absolute Gasteiger partial charge is 0.395 e. The number of anilines is 1. The second-order valence-corrected chi connectivity index (χ2v) is 7.53. The number of H-pyrrole nitrogens is 1. The molecule has 0 unspecified atom stereocenters. The molecule has 3 aromatic heterocycles. The number of β-amino-alcohol motifs (C(OH)–C–C–N with tert-alkyl or cyclic N) is 1. The first-order chi connectivity index (χ1) is 14.7. The number of benzene rings is 1. The van der Waals surface area contributed by atoms with Crippen molar-refractivity contribution in [3.8, 4) is 0 Å². The molecular formula is C20H23FN8O. The summed E-state index contributed by atoms with van der Waals surface area (Å²) in [5.41, 5.74) is 2.88. The van der Waals surface area contributed by atoms with Crippen molar-refractivity contribution in [2.75, 3.05) is 31.6 Å². The molecular weight excluding hydrogens is 387 g/mol. The van der Waals surface area contributed by atoms with Crippen molar-refractivity contribution in [1.29, 1.82) is 0 Å². The van der Waals surface area contributed by atoms with Crippen molar-refractivity contribution in [3.63, 3.8) is 0 Å². The van der Waals surface area contributed by atoms with Crippen LogP contribution in [-0.2, 0) is 6.54 Å². The molecule has 10 heteroatoms. The third-order valence-corrected chi connectivity index (χ3v) is 5.62. The summed E-state index contributed by atoms with van der Waals surface area (Å²) in [6.45, 7) is 2.97. The standard InChI is InChI=1S/C20H23FN8O/c21-13-3-4-15-16(8-13)29(14-2-1-5-28(10-14)6-7-30)17(27-15)9-22-19-18-20(24-11-23-18)26-12-25-19/h3-4,8,11-12,14,30H,1-2,5-7,9-10H2,(H2,22,23,24,25,26)/t14-/m0/s1. The molecule has 30 heavy (non-hydrogen) atoms. The molecule has 4 aromatic rings. The molecule has 0 bridgehead atoms. The highest BCUT2D eigenvalue weighted by molar-refractivity contribution is 5.82. The number of aliphatic hydroxyl groups is 1. The number of aliphatic hydroxyl groups excluding tert-OH is 1. The molecule has 1 atom stereocenters. The minimum Gasteiger partial charge on any atom is -0.395 e. The summed E-state index contributed by atoms with van der Waals surface area (Å²) in [7, 11) is 0. The molecule has 1 aromatic carbocycles. The number of aromatic amines is 1. The highest BCUT2D eigenvalue weighted by Gasteiger charge is 2.25. The first kappa shape index (κ1) is 18.9. The molecule has 3 N–H and O–H groups in total. The van der Waals surface area contributed by atoms with E-state index in [1.807, 2.05) is 0 Å². The summed E-state index contributed by atoms with van der Waals surface area (Å²) in [6, 6.07) is 4.87. The Balaban J connectivity index is 1.49. The fourth-order valence-electron chi connectivity index (χ4n) is 4.30. The molecule has 9 nitrogen and oxygen atoms in total. The molecule has 1 aliphatic heterocycles. The Bertz CT molecular complexity index is 1170. The Morgan fingerprint density at radius 3 is 3.10 bits per heavy atom. The Hall–Kier alpha value is -3.11. The third kappa shape index (κ3) is 3.48. The van der Waals surface area contributed by atoms with Gasteiger partial charge in [-0.2, -0.15) is 0 Å². The molecule has 1 fully saturated rings. The van der Waals surface area contributed by atoms with Crippen LogP contribution in [0.2, 0.25) is 0 Å². The summed E-state index contributed by atoms with van der Waals surface area (Å²) < 4.78 is 16.2. The van der Waals surface area contributed by atoms with Crippen molar-refractivity contribution in [2.45, 2.75) is 25.4 Å². The summed E-state index contributed by atoms with van der Waals surface area (Å²) in [4.78, 5) is 22.7. The molecule has 0 spiro atoms. The van der Waals surface area contributed by atoms with Gasteiger partial charge in [-0.05, 0) is 37.6 Å². The molecule has 1 aliphatic rings. The fraction of sp³-hybridized carbons (Fsp3) is 0.400. The van der Waals surface area contributed by atoms with Crippen LogP contribution in [-0.4, -0.2) is 65.7 Å². The van der Waals surface area contributed by atoms with Crippen LogP contribution in [0.4, 0.5) is 10.2 Å². The van der Waals surface area contributed by atoms with Gasteiger partial charge in [0.1, 0.15) is 23.5 Å². The average Bonchev–Trinajstić information content (AvgIpc) is 3.37. The molecule has 0 radical (unpaired) electrons. The molecule has 0 amide bonds. The van der Waals surface area contributed by atoms with Gasteiger partial charge in [0, 0.05) is 19.1 Å². The zero-order valence-electron chi connectivity index (χ0n) is 16.4. The van der Waals surface area contributed by atoms with E-state index in [4.69, 9.17) is 4.98 Å². The Morgan fingerprint density at radius 1 is 1.27 bits per heavy atom. The van der Waals surface area contributed by atoms with Crippen molar-refractivity contribution in [1.82, 2.24) is 34.4 Å². The predicted molar refractivity (Wildman–Crippen MR) is 110 cm³/mol. The monoisotopic (exact) mass is 410 g/mol. The second kappa shape index (κ2) is 7.96. The van der Waals surface area contributed by atoms with Gasteiger partial charge in [-0.25, -0.2) is 24.3 Å². The molecule has 156 valence electrons. The number of likely N-dealkylation sites (tertiary alicyclic amines) is 1. The lowest BCUT2D eigenvalue weighted by Crippen LogP contribution is -2.38. The van der Waals surface area contributed by atoms with Gasteiger partial charge in [0.2, 0.25) is 0 Å². The quantitative estimate of drug-likeness (QED) is 0.447. The number of fused-ring (bicyclic) bond motifs is 2.